The molecule has 9 nitrogen and oxygen atoms in total. The van der Waals surface area contributed by atoms with Crippen molar-refractivity contribution in [3.63, 3.8) is 0 Å². The number of amides is 1. The molecule has 0 bridgehead atoms. The van der Waals surface area contributed by atoms with Crippen LogP contribution in [-0.4, -0.2) is 31.2 Å². The van der Waals surface area contributed by atoms with Crippen LogP contribution in [0, 0.1) is 17.3 Å². The minimum absolute atomic E-state index is 0.162. The van der Waals surface area contributed by atoms with Gasteiger partial charge in [-0.2, -0.15) is 0 Å². The van der Waals surface area contributed by atoms with E-state index in [1.807, 2.05) is 0 Å². The van der Waals surface area contributed by atoms with Gasteiger partial charge in [0.15, 0.2) is 17.0 Å². The summed E-state index contributed by atoms with van der Waals surface area (Å²) in [5.74, 6) is 5.62. The molecule has 0 saturated heterocycles. The number of benzene rings is 1. The molecule has 1 saturated carbocycles. The molecule has 32 heavy (non-hydrogen) atoms. The number of oxazole rings is 1. The molecular formula is C21H19ClN4O5S. The summed E-state index contributed by atoms with van der Waals surface area (Å²) in [7, 11) is -3.56. The van der Waals surface area contributed by atoms with Crippen LogP contribution in [0.25, 0.3) is 11.1 Å². The standard InChI is InChI=1S/C21H19ClN4O5S/c1-32(28,29)16-5-4-15(30-16)17(27)26-21(24)7-6-19(11-21)9-20(23,10-19)18-25-13-8-12(22)2-3-14(13)31-18/h2-5,8H,9-11,23-24H2,1H3,(H,26,27)/t19?,20?,21-/m0/s1. The van der Waals surface area contributed by atoms with Crippen molar-refractivity contribution in [1.82, 2.24) is 10.3 Å². The lowest BCUT2D eigenvalue weighted by molar-refractivity contribution is 0.0408. The molecular weight excluding hydrogens is 456 g/mol. The van der Waals surface area contributed by atoms with Crippen molar-refractivity contribution in [1.29, 1.82) is 0 Å². The number of aromatic nitrogens is 1. The second-order valence-corrected chi connectivity index (χ2v) is 11.0. The first-order valence-electron chi connectivity index (χ1n) is 9.70. The van der Waals surface area contributed by atoms with Crippen LogP contribution in [0.4, 0.5) is 0 Å². The molecule has 0 unspecified atom stereocenters. The minimum atomic E-state index is -3.56. The first kappa shape index (κ1) is 21.0. The molecule has 1 fully saturated rings. The maximum Gasteiger partial charge on any atom is 0.289 e. The van der Waals surface area contributed by atoms with E-state index in [1.54, 1.807) is 18.2 Å². The molecule has 1 atom stereocenters. The number of carbonyl (C=O) groups excluding carboxylic acids is 1. The van der Waals surface area contributed by atoms with Crippen LogP contribution in [0.2, 0.25) is 5.02 Å². The maximum atomic E-state index is 12.5. The zero-order chi connectivity index (χ0) is 22.9. The van der Waals surface area contributed by atoms with Crippen molar-refractivity contribution in [2.45, 2.75) is 35.6 Å². The van der Waals surface area contributed by atoms with Crippen molar-refractivity contribution in [3.05, 3.63) is 47.0 Å². The van der Waals surface area contributed by atoms with E-state index in [4.69, 9.17) is 31.9 Å². The van der Waals surface area contributed by atoms with Crippen LogP contribution in [0.1, 0.15) is 35.7 Å². The molecule has 2 heterocycles. The van der Waals surface area contributed by atoms with E-state index in [1.165, 1.54) is 12.1 Å². The molecule has 1 amide bonds. The Bertz CT molecular complexity index is 1440. The van der Waals surface area contributed by atoms with Gasteiger partial charge in [-0.1, -0.05) is 23.4 Å². The Kier molecular flexibility index (Phi) is 4.33. The Morgan fingerprint density at radius 3 is 2.59 bits per heavy atom. The summed E-state index contributed by atoms with van der Waals surface area (Å²) >= 11 is 6.01. The number of nitrogens with two attached hydrogens (primary N) is 2. The van der Waals surface area contributed by atoms with Gasteiger partial charge in [0.2, 0.25) is 20.8 Å². The van der Waals surface area contributed by atoms with Gasteiger partial charge in [-0.05, 0) is 43.2 Å². The number of sulfone groups is 1. The van der Waals surface area contributed by atoms with Gasteiger partial charge in [-0.3, -0.25) is 10.5 Å². The monoisotopic (exact) mass is 474 g/mol. The molecule has 0 aliphatic heterocycles. The number of halogens is 1. The quantitative estimate of drug-likeness (QED) is 0.382. The number of carbonyl (C=O) groups is 1. The number of nitrogens with zero attached hydrogens (tertiary/aromatic N) is 1. The Hall–Kier alpha value is -2.84. The smallest absolute Gasteiger partial charge is 0.289 e. The van der Waals surface area contributed by atoms with E-state index >= 15 is 0 Å². The fourth-order valence-corrected chi connectivity index (χ4v) is 5.20. The fourth-order valence-electron chi connectivity index (χ4n) is 4.48. The number of nitrogens with one attached hydrogen (secondary N) is 1. The van der Waals surface area contributed by atoms with Crippen molar-refractivity contribution < 1.29 is 22.0 Å². The Morgan fingerprint density at radius 2 is 1.91 bits per heavy atom. The third kappa shape index (κ3) is 3.47. The van der Waals surface area contributed by atoms with Crippen LogP contribution < -0.4 is 16.8 Å². The van der Waals surface area contributed by atoms with Crippen LogP contribution >= 0.6 is 11.6 Å². The van der Waals surface area contributed by atoms with E-state index < -0.39 is 32.4 Å². The average molecular weight is 475 g/mol. The van der Waals surface area contributed by atoms with Crippen LogP contribution in [0.3, 0.4) is 0 Å². The van der Waals surface area contributed by atoms with Gasteiger partial charge >= 0.3 is 0 Å². The highest BCUT2D eigenvalue weighted by atomic mass is 35.5. The van der Waals surface area contributed by atoms with Gasteiger partial charge in [0.1, 0.15) is 5.52 Å². The van der Waals surface area contributed by atoms with Crippen LogP contribution in [0.15, 0.2) is 44.3 Å². The molecule has 5 rings (SSSR count). The topological polar surface area (TPSA) is 154 Å². The molecule has 0 radical (unpaired) electrons. The lowest BCUT2D eigenvalue weighted by Crippen LogP contribution is -2.60. The first-order valence-corrected chi connectivity index (χ1v) is 12.0. The lowest BCUT2D eigenvalue weighted by Gasteiger charge is -2.49. The number of fused-ring (bicyclic) bond motifs is 1. The lowest BCUT2D eigenvalue weighted by atomic mass is 9.57. The maximum absolute atomic E-state index is 12.5. The van der Waals surface area contributed by atoms with E-state index in [0.717, 1.165) is 6.26 Å². The van der Waals surface area contributed by atoms with Crippen LogP contribution in [0.5, 0.6) is 0 Å². The van der Waals surface area contributed by atoms with Gasteiger partial charge < -0.3 is 19.9 Å². The van der Waals surface area contributed by atoms with Crippen LogP contribution in [-0.2, 0) is 15.4 Å². The number of rotatable bonds is 4. The predicted octanol–water partition coefficient (Wildman–Crippen LogP) is 1.90. The molecule has 1 spiro atoms. The number of furan rings is 1. The second kappa shape index (κ2) is 6.59. The summed E-state index contributed by atoms with van der Waals surface area (Å²) in [4.78, 5) is 17.0. The highest BCUT2D eigenvalue weighted by Crippen LogP contribution is 2.57. The van der Waals surface area contributed by atoms with E-state index in [0.29, 0.717) is 41.3 Å². The Labute approximate surface area is 188 Å². The fraction of sp³-hybridized carbons (Fsp3) is 0.333. The Morgan fingerprint density at radius 1 is 1.16 bits per heavy atom. The van der Waals surface area contributed by atoms with Gasteiger partial charge in [0.05, 0.1) is 5.54 Å². The summed E-state index contributed by atoms with van der Waals surface area (Å²) in [5, 5.41) is 2.89. The third-order valence-electron chi connectivity index (χ3n) is 5.76. The molecule has 5 N–H and O–H groups in total. The van der Waals surface area contributed by atoms with E-state index in [9.17, 15) is 13.2 Å². The molecule has 3 aromatic rings. The van der Waals surface area contributed by atoms with Crippen molar-refractivity contribution >= 4 is 38.4 Å². The largest absolute Gasteiger partial charge is 0.440 e. The van der Waals surface area contributed by atoms with Crippen molar-refractivity contribution in [2.24, 2.45) is 16.9 Å². The van der Waals surface area contributed by atoms with Gasteiger partial charge in [0, 0.05) is 23.1 Å². The normalized spacial score (nSPS) is 29.0. The summed E-state index contributed by atoms with van der Waals surface area (Å²) < 4.78 is 34.1. The zero-order valence-electron chi connectivity index (χ0n) is 16.9. The molecule has 2 aliphatic rings. The summed E-state index contributed by atoms with van der Waals surface area (Å²) in [6, 6.07) is 7.67. The second-order valence-electron chi connectivity index (χ2n) is 8.66. The highest BCUT2D eigenvalue weighted by molar-refractivity contribution is 7.90. The molecule has 1 aromatic carbocycles. The van der Waals surface area contributed by atoms with E-state index in [-0.39, 0.29) is 10.9 Å². The average Bonchev–Trinajstić information content (AvgIpc) is 3.37. The predicted molar refractivity (Wildman–Crippen MR) is 115 cm³/mol. The number of hydrogen-bond donors (Lipinski definition) is 3. The highest BCUT2D eigenvalue weighted by Gasteiger charge is 2.59. The molecule has 11 heteroatoms. The first-order chi connectivity index (χ1) is 14.9. The van der Waals surface area contributed by atoms with Gasteiger partial charge in [0.25, 0.3) is 5.91 Å². The third-order valence-corrected chi connectivity index (χ3v) is 6.94. The van der Waals surface area contributed by atoms with Crippen molar-refractivity contribution in [3.8, 4) is 11.8 Å². The summed E-state index contributed by atoms with van der Waals surface area (Å²) in [6.45, 7) is 0. The number of hydrogen-bond acceptors (Lipinski definition) is 8. The Balaban J connectivity index is 1.29. The van der Waals surface area contributed by atoms with Crippen molar-refractivity contribution in [2.75, 3.05) is 6.26 Å². The molecule has 2 aliphatic carbocycles. The molecule has 2 aromatic heterocycles. The van der Waals surface area contributed by atoms with Gasteiger partial charge in [-0.25, -0.2) is 13.4 Å². The minimum Gasteiger partial charge on any atom is -0.440 e. The van der Waals surface area contributed by atoms with E-state index in [2.05, 4.69) is 22.1 Å². The zero-order valence-corrected chi connectivity index (χ0v) is 18.5. The van der Waals surface area contributed by atoms with Gasteiger partial charge in [-0.15, -0.1) is 0 Å². The SMILES string of the molecule is CS(=O)(=O)c1ccc(C(=O)N[C@@]2(N)C#CC3(CC(N)(c4nc5cc(Cl)ccc5o4)C3)C2)o1. The summed E-state index contributed by atoms with van der Waals surface area (Å²) in [6.07, 6.45) is 2.23. The summed E-state index contributed by atoms with van der Waals surface area (Å²) in [5.41, 5.74) is 11.5. The molecule has 166 valence electrons.